The van der Waals surface area contributed by atoms with Crippen LogP contribution in [0.5, 0.6) is 5.88 Å². The van der Waals surface area contributed by atoms with Crippen LogP contribution in [0.4, 0.5) is 11.4 Å². The Morgan fingerprint density at radius 1 is 1.00 bits per heavy atom. The number of rotatable bonds is 6. The van der Waals surface area contributed by atoms with Crippen molar-refractivity contribution in [3.8, 4) is 5.88 Å². The van der Waals surface area contributed by atoms with Gasteiger partial charge < -0.3 is 10.2 Å². The quantitative estimate of drug-likeness (QED) is 0.354. The number of azo groups is 1. The van der Waals surface area contributed by atoms with Gasteiger partial charge >= 0.3 is 5.97 Å². The molecule has 0 radical (unpaired) electrons. The number of aromatic carboxylic acids is 1. The average molecular weight is 474 g/mol. The minimum absolute atomic E-state index is 0.113. The molecular weight excluding hydrogens is 456 g/mol. The summed E-state index contributed by atoms with van der Waals surface area (Å²) in [5, 5.41) is 30.3. The number of hydrogen-bond acceptors (Lipinski definition) is 9. The molecule has 0 spiro atoms. The van der Waals surface area contributed by atoms with E-state index in [0.717, 1.165) is 16.8 Å². The molecule has 0 saturated heterocycles. The van der Waals surface area contributed by atoms with Gasteiger partial charge in [-0.1, -0.05) is 0 Å². The van der Waals surface area contributed by atoms with E-state index < -0.39 is 54.8 Å². The minimum atomic E-state index is -4.39. The fourth-order valence-corrected chi connectivity index (χ4v) is 4.64. The molecule has 2 aromatic rings. The largest absolute Gasteiger partial charge is 0.492 e. The fourth-order valence-electron chi connectivity index (χ4n) is 3.29. The molecule has 0 aliphatic heterocycles. The lowest BCUT2D eigenvalue weighted by Gasteiger charge is -2.26. The smallest absolute Gasteiger partial charge is 0.358 e. The highest BCUT2D eigenvalue weighted by Crippen LogP contribution is 2.39. The van der Waals surface area contributed by atoms with Gasteiger partial charge in [-0.2, -0.15) is 27.0 Å². The maximum Gasteiger partial charge on any atom is 0.358 e. The van der Waals surface area contributed by atoms with Crippen molar-refractivity contribution in [1.82, 2.24) is 9.78 Å². The number of benzene rings is 1. The van der Waals surface area contributed by atoms with E-state index in [9.17, 15) is 31.8 Å². The molecule has 168 valence electrons. The first-order valence-corrected chi connectivity index (χ1v) is 11.8. The Labute approximate surface area is 176 Å². The van der Waals surface area contributed by atoms with Gasteiger partial charge in [0.15, 0.2) is 5.69 Å². The van der Waals surface area contributed by atoms with Gasteiger partial charge in [0, 0.05) is 0 Å². The maximum atomic E-state index is 11.5. The van der Waals surface area contributed by atoms with Crippen LogP contribution in [0.3, 0.4) is 0 Å². The molecule has 1 aliphatic rings. The van der Waals surface area contributed by atoms with Crippen LogP contribution in [0.1, 0.15) is 42.2 Å². The Hall–Kier alpha value is -2.88. The molecule has 1 aromatic carbocycles. The second-order valence-corrected chi connectivity index (χ2v) is 10.0. The molecular formula is C16H18N4O9S2. The van der Waals surface area contributed by atoms with Gasteiger partial charge in [-0.25, -0.2) is 9.48 Å². The summed E-state index contributed by atoms with van der Waals surface area (Å²) in [5.74, 6) is -2.05. The van der Waals surface area contributed by atoms with E-state index in [4.69, 9.17) is 9.11 Å². The highest BCUT2D eigenvalue weighted by molar-refractivity contribution is 7.86. The molecule has 0 bridgehead atoms. The van der Waals surface area contributed by atoms with Crippen molar-refractivity contribution in [3.05, 3.63) is 30.0 Å². The zero-order valence-corrected chi connectivity index (χ0v) is 17.4. The number of aromatic nitrogens is 2. The summed E-state index contributed by atoms with van der Waals surface area (Å²) >= 11 is 0. The van der Waals surface area contributed by atoms with Gasteiger partial charge in [0.2, 0.25) is 11.6 Å². The molecule has 1 saturated carbocycles. The maximum absolute atomic E-state index is 11.5. The SMILES string of the molecule is O=C(O)c1nn(C2CCC(S(=O)(=O)O)CC2)c(O)c1N=Nc1ccc(S(=O)(=O)O)cc1. The summed E-state index contributed by atoms with van der Waals surface area (Å²) in [6, 6.07) is 4.06. The fraction of sp³-hybridized carbons (Fsp3) is 0.375. The van der Waals surface area contributed by atoms with Gasteiger partial charge in [0.25, 0.3) is 20.2 Å². The van der Waals surface area contributed by atoms with Crippen molar-refractivity contribution in [3.63, 3.8) is 0 Å². The summed E-state index contributed by atoms with van der Waals surface area (Å²) in [7, 11) is -8.57. The van der Waals surface area contributed by atoms with Crippen LogP contribution in [0, 0.1) is 0 Å². The Balaban J connectivity index is 1.87. The molecule has 0 atom stereocenters. The van der Waals surface area contributed by atoms with E-state index in [-0.39, 0.29) is 36.3 Å². The number of carboxylic acid groups (broad SMARTS) is 1. The number of carboxylic acids is 1. The van der Waals surface area contributed by atoms with Gasteiger partial charge in [-0.3, -0.25) is 9.11 Å². The van der Waals surface area contributed by atoms with Crippen molar-refractivity contribution in [2.75, 3.05) is 0 Å². The highest BCUT2D eigenvalue weighted by atomic mass is 32.2. The van der Waals surface area contributed by atoms with Crippen LogP contribution < -0.4 is 0 Å². The lowest BCUT2D eigenvalue weighted by atomic mass is 9.95. The van der Waals surface area contributed by atoms with Gasteiger partial charge in [-0.15, -0.1) is 5.11 Å². The van der Waals surface area contributed by atoms with Gasteiger partial charge in [0.05, 0.1) is 21.9 Å². The molecule has 1 aromatic heterocycles. The third kappa shape index (κ3) is 5.07. The normalized spacial score (nSPS) is 20.2. The van der Waals surface area contributed by atoms with Crippen LogP contribution in [0.15, 0.2) is 39.4 Å². The third-order valence-corrected chi connectivity index (χ3v) is 7.06. The molecule has 0 unspecified atom stereocenters. The Morgan fingerprint density at radius 2 is 1.58 bits per heavy atom. The highest BCUT2D eigenvalue weighted by Gasteiger charge is 2.33. The summed E-state index contributed by atoms with van der Waals surface area (Å²) < 4.78 is 63.8. The summed E-state index contributed by atoms with van der Waals surface area (Å²) in [6.07, 6.45) is 0.684. The second kappa shape index (κ2) is 8.33. The van der Waals surface area contributed by atoms with Crippen molar-refractivity contribution in [1.29, 1.82) is 0 Å². The van der Waals surface area contributed by atoms with E-state index in [2.05, 4.69) is 15.3 Å². The topological polar surface area (TPSA) is 209 Å². The Bertz CT molecular complexity index is 1230. The summed E-state index contributed by atoms with van der Waals surface area (Å²) in [4.78, 5) is 11.2. The van der Waals surface area contributed by atoms with E-state index >= 15 is 0 Å². The first-order chi connectivity index (χ1) is 14.4. The number of aromatic hydroxyl groups is 1. The molecule has 3 rings (SSSR count). The molecule has 1 heterocycles. The number of carbonyl (C=O) groups is 1. The standard InChI is InChI=1S/C16H18N4O9S2/c21-15-13(18-17-9-1-5-11(6-2-9)30(24,25)26)14(16(22)23)19-20(15)10-3-7-12(8-4-10)31(27,28)29/h1-2,5-6,10,12,21H,3-4,7-8H2,(H,22,23)(H,24,25,26)(H,27,28,29). The third-order valence-electron chi connectivity index (χ3n) is 4.87. The van der Waals surface area contributed by atoms with Crippen molar-refractivity contribution in [2.24, 2.45) is 10.2 Å². The Morgan fingerprint density at radius 3 is 2.06 bits per heavy atom. The van der Waals surface area contributed by atoms with Crippen LogP contribution in [0.25, 0.3) is 0 Å². The molecule has 13 nitrogen and oxygen atoms in total. The van der Waals surface area contributed by atoms with Crippen LogP contribution in [-0.2, 0) is 20.2 Å². The molecule has 1 aliphatic carbocycles. The first-order valence-electron chi connectivity index (χ1n) is 8.88. The zero-order chi connectivity index (χ0) is 23.0. The minimum Gasteiger partial charge on any atom is -0.492 e. The van der Waals surface area contributed by atoms with Crippen molar-refractivity contribution >= 4 is 37.6 Å². The zero-order valence-electron chi connectivity index (χ0n) is 15.7. The van der Waals surface area contributed by atoms with E-state index in [1.165, 1.54) is 12.1 Å². The molecule has 15 heteroatoms. The molecule has 31 heavy (non-hydrogen) atoms. The monoisotopic (exact) mass is 474 g/mol. The average Bonchev–Trinajstić information content (AvgIpc) is 3.02. The number of nitrogens with zero attached hydrogens (tertiary/aromatic N) is 4. The Kier molecular flexibility index (Phi) is 6.13. The van der Waals surface area contributed by atoms with Crippen LogP contribution >= 0.6 is 0 Å². The van der Waals surface area contributed by atoms with Gasteiger partial charge in [-0.05, 0) is 49.9 Å². The van der Waals surface area contributed by atoms with Gasteiger partial charge in [0.1, 0.15) is 0 Å². The molecule has 4 N–H and O–H groups in total. The molecule has 1 fully saturated rings. The van der Waals surface area contributed by atoms with Crippen LogP contribution in [0.2, 0.25) is 0 Å². The van der Waals surface area contributed by atoms with Crippen LogP contribution in [-0.4, -0.2) is 57.2 Å². The molecule has 0 amide bonds. The second-order valence-electron chi connectivity index (χ2n) is 6.89. The predicted molar refractivity (Wildman–Crippen MR) is 104 cm³/mol. The van der Waals surface area contributed by atoms with E-state index in [1.54, 1.807) is 0 Å². The summed E-state index contributed by atoms with van der Waals surface area (Å²) in [6.45, 7) is 0. The van der Waals surface area contributed by atoms with E-state index in [0.29, 0.717) is 0 Å². The number of hydrogen-bond donors (Lipinski definition) is 4. The van der Waals surface area contributed by atoms with Crippen molar-refractivity contribution < 1.29 is 40.9 Å². The van der Waals surface area contributed by atoms with E-state index in [1.807, 2.05) is 0 Å². The predicted octanol–water partition coefficient (Wildman–Crippen LogP) is 2.32. The summed E-state index contributed by atoms with van der Waals surface area (Å²) in [5.41, 5.74) is -0.888. The lowest BCUT2D eigenvalue weighted by Crippen LogP contribution is -2.28. The lowest BCUT2D eigenvalue weighted by molar-refractivity contribution is 0.0689. The van der Waals surface area contributed by atoms with Crippen molar-refractivity contribution in [2.45, 2.75) is 41.9 Å². The first kappa shape index (κ1) is 22.8.